The lowest BCUT2D eigenvalue weighted by molar-refractivity contribution is -0.140. The van der Waals surface area contributed by atoms with Gasteiger partial charge in [-0.15, -0.1) is 0 Å². The molecule has 18 heavy (non-hydrogen) atoms. The number of hydrogen-bond donors (Lipinski definition) is 1. The number of sulfone groups is 1. The van der Waals surface area contributed by atoms with Crippen LogP contribution < -0.4 is 0 Å². The van der Waals surface area contributed by atoms with Crippen LogP contribution in [0.25, 0.3) is 0 Å². The van der Waals surface area contributed by atoms with Gasteiger partial charge in [0.15, 0.2) is 9.84 Å². The van der Waals surface area contributed by atoms with Gasteiger partial charge in [-0.2, -0.15) is 0 Å². The van der Waals surface area contributed by atoms with Crippen molar-refractivity contribution in [1.29, 1.82) is 0 Å². The van der Waals surface area contributed by atoms with Crippen LogP contribution in [0.15, 0.2) is 17.0 Å². The van der Waals surface area contributed by atoms with Gasteiger partial charge in [-0.05, 0) is 31.9 Å². The van der Waals surface area contributed by atoms with E-state index in [1.54, 1.807) is 26.0 Å². The molecule has 0 aliphatic carbocycles. The van der Waals surface area contributed by atoms with Crippen molar-refractivity contribution in [3.05, 3.63) is 28.8 Å². The Bertz CT molecular complexity index is 550. The number of carboxylic acid groups (broad SMARTS) is 1. The maximum Gasteiger partial charge on any atom is 0.307 e. The van der Waals surface area contributed by atoms with Crippen LogP contribution >= 0.6 is 0 Å². The zero-order valence-corrected chi connectivity index (χ0v) is 11.8. The molecule has 4 nitrogen and oxygen atoms in total. The Morgan fingerprint density at radius 1 is 1.22 bits per heavy atom. The topological polar surface area (TPSA) is 71.4 Å². The van der Waals surface area contributed by atoms with E-state index in [0.717, 1.165) is 5.56 Å². The number of carbonyl (C=O) groups is 1. The van der Waals surface area contributed by atoms with Gasteiger partial charge in [0.1, 0.15) is 0 Å². The molecule has 1 aromatic rings. The Labute approximate surface area is 108 Å². The van der Waals surface area contributed by atoms with E-state index in [0.29, 0.717) is 11.1 Å². The number of aryl methyl sites for hydroxylation is 3. The van der Waals surface area contributed by atoms with Crippen LogP contribution in [0.1, 0.15) is 23.6 Å². The number of hydrogen-bond acceptors (Lipinski definition) is 3. The minimum atomic E-state index is -3.56. The monoisotopic (exact) mass is 270 g/mol. The average Bonchev–Trinajstić information content (AvgIpc) is 2.13. The van der Waals surface area contributed by atoms with E-state index < -0.39 is 21.7 Å². The first kappa shape index (κ1) is 14.7. The molecule has 1 N–H and O–H groups in total. The SMILES string of the molecule is Cc1cc(C)c(S(=O)(=O)CC(C)C(=O)O)c(C)c1. The van der Waals surface area contributed by atoms with Crippen LogP contribution in [0, 0.1) is 26.7 Å². The molecule has 0 bridgehead atoms. The first-order chi connectivity index (χ1) is 8.15. The van der Waals surface area contributed by atoms with Crippen molar-refractivity contribution in [3.8, 4) is 0 Å². The van der Waals surface area contributed by atoms with Crippen molar-refractivity contribution in [1.82, 2.24) is 0 Å². The molecule has 0 amide bonds. The zero-order valence-electron chi connectivity index (χ0n) is 11.0. The summed E-state index contributed by atoms with van der Waals surface area (Å²) in [6, 6.07) is 3.59. The molecule has 0 aliphatic rings. The van der Waals surface area contributed by atoms with Crippen LogP contribution in [-0.2, 0) is 14.6 Å². The van der Waals surface area contributed by atoms with E-state index in [1.807, 2.05) is 6.92 Å². The maximum atomic E-state index is 12.2. The van der Waals surface area contributed by atoms with Crippen molar-refractivity contribution in [2.24, 2.45) is 5.92 Å². The molecule has 0 fully saturated rings. The fourth-order valence-electron chi connectivity index (χ4n) is 2.14. The summed E-state index contributed by atoms with van der Waals surface area (Å²) in [5.41, 5.74) is 2.34. The summed E-state index contributed by atoms with van der Waals surface area (Å²) in [7, 11) is -3.56. The summed E-state index contributed by atoms with van der Waals surface area (Å²) >= 11 is 0. The largest absolute Gasteiger partial charge is 0.481 e. The first-order valence-corrected chi connectivity index (χ1v) is 7.34. The molecule has 0 saturated carbocycles. The molecule has 1 atom stereocenters. The van der Waals surface area contributed by atoms with E-state index in [9.17, 15) is 13.2 Å². The number of carboxylic acids is 1. The second kappa shape index (κ2) is 5.10. The Hall–Kier alpha value is -1.36. The quantitative estimate of drug-likeness (QED) is 0.909. The molecular weight excluding hydrogens is 252 g/mol. The third-order valence-electron chi connectivity index (χ3n) is 2.81. The number of aliphatic carboxylic acids is 1. The van der Waals surface area contributed by atoms with Gasteiger partial charge < -0.3 is 5.11 Å². The molecule has 100 valence electrons. The molecule has 0 aromatic heterocycles. The highest BCUT2D eigenvalue weighted by atomic mass is 32.2. The second-order valence-corrected chi connectivity index (χ2v) is 6.72. The molecule has 0 aliphatic heterocycles. The van der Waals surface area contributed by atoms with Crippen molar-refractivity contribution in [2.75, 3.05) is 5.75 Å². The van der Waals surface area contributed by atoms with Crippen LogP contribution in [0.3, 0.4) is 0 Å². The lowest BCUT2D eigenvalue weighted by Gasteiger charge is -2.13. The minimum absolute atomic E-state index is 0.265. The Morgan fingerprint density at radius 2 is 1.67 bits per heavy atom. The minimum Gasteiger partial charge on any atom is -0.481 e. The van der Waals surface area contributed by atoms with Crippen LogP contribution in [0.5, 0.6) is 0 Å². The lowest BCUT2D eigenvalue weighted by atomic mass is 10.1. The van der Waals surface area contributed by atoms with E-state index >= 15 is 0 Å². The van der Waals surface area contributed by atoms with E-state index in [4.69, 9.17) is 5.11 Å². The highest BCUT2D eigenvalue weighted by Crippen LogP contribution is 2.24. The highest BCUT2D eigenvalue weighted by molar-refractivity contribution is 7.91. The van der Waals surface area contributed by atoms with Gasteiger partial charge in [0.2, 0.25) is 0 Å². The van der Waals surface area contributed by atoms with E-state index in [1.165, 1.54) is 6.92 Å². The Morgan fingerprint density at radius 3 is 2.06 bits per heavy atom. The molecule has 0 saturated heterocycles. The first-order valence-electron chi connectivity index (χ1n) is 5.68. The summed E-state index contributed by atoms with van der Waals surface area (Å²) in [5, 5.41) is 8.81. The van der Waals surface area contributed by atoms with Gasteiger partial charge in [0.05, 0.1) is 16.6 Å². The van der Waals surface area contributed by atoms with Crippen molar-refractivity contribution in [2.45, 2.75) is 32.6 Å². The molecule has 0 radical (unpaired) electrons. The van der Waals surface area contributed by atoms with Gasteiger partial charge >= 0.3 is 5.97 Å². The standard InChI is InChI=1S/C13H18O4S/c1-8-5-9(2)12(10(3)6-8)18(16,17)7-11(4)13(14)15/h5-6,11H,7H2,1-4H3,(H,14,15). The third-order valence-corrected chi connectivity index (χ3v) is 5.01. The van der Waals surface area contributed by atoms with Gasteiger partial charge in [-0.25, -0.2) is 8.42 Å². The normalized spacial score (nSPS) is 13.3. The van der Waals surface area contributed by atoms with Gasteiger partial charge in [-0.3, -0.25) is 4.79 Å². The highest BCUT2D eigenvalue weighted by Gasteiger charge is 2.25. The van der Waals surface area contributed by atoms with Gasteiger partial charge in [0.25, 0.3) is 0 Å². The maximum absolute atomic E-state index is 12.2. The van der Waals surface area contributed by atoms with Crippen LogP contribution in [0.2, 0.25) is 0 Å². The number of rotatable bonds is 4. The Kier molecular flexibility index (Phi) is 4.16. The summed E-state index contributed by atoms with van der Waals surface area (Å²) in [4.78, 5) is 11.0. The molecular formula is C13H18O4S. The predicted octanol–water partition coefficient (Wildman–Crippen LogP) is 2.11. The predicted molar refractivity (Wildman–Crippen MR) is 69.5 cm³/mol. The van der Waals surface area contributed by atoms with E-state index in [-0.39, 0.29) is 10.6 Å². The van der Waals surface area contributed by atoms with E-state index in [2.05, 4.69) is 0 Å². The lowest BCUT2D eigenvalue weighted by Crippen LogP contribution is -2.22. The van der Waals surface area contributed by atoms with Gasteiger partial charge in [-0.1, -0.05) is 24.6 Å². The van der Waals surface area contributed by atoms with Gasteiger partial charge in [0, 0.05) is 0 Å². The molecule has 1 rings (SSSR count). The van der Waals surface area contributed by atoms with Crippen LogP contribution in [0.4, 0.5) is 0 Å². The molecule has 0 heterocycles. The fourth-order valence-corrected chi connectivity index (χ4v) is 4.21. The van der Waals surface area contributed by atoms with Crippen LogP contribution in [-0.4, -0.2) is 25.2 Å². The zero-order chi connectivity index (χ0) is 14.1. The summed E-state index contributed by atoms with van der Waals surface area (Å²) < 4.78 is 24.5. The molecule has 1 aromatic carbocycles. The summed E-state index contributed by atoms with van der Waals surface area (Å²) in [6.45, 7) is 6.77. The summed E-state index contributed by atoms with van der Waals surface area (Å²) in [5.74, 6) is -2.37. The molecule has 1 unspecified atom stereocenters. The summed E-state index contributed by atoms with van der Waals surface area (Å²) in [6.07, 6.45) is 0. The fraction of sp³-hybridized carbons (Fsp3) is 0.462. The Balaban J connectivity index is 3.25. The van der Waals surface area contributed by atoms with Crippen molar-refractivity contribution < 1.29 is 18.3 Å². The molecule has 0 spiro atoms. The molecule has 5 heteroatoms. The van der Waals surface area contributed by atoms with Crippen molar-refractivity contribution in [3.63, 3.8) is 0 Å². The smallest absolute Gasteiger partial charge is 0.307 e. The second-order valence-electron chi connectivity index (χ2n) is 4.75. The average molecular weight is 270 g/mol. The van der Waals surface area contributed by atoms with Crippen molar-refractivity contribution >= 4 is 15.8 Å². The number of benzene rings is 1. The third kappa shape index (κ3) is 3.10.